The van der Waals surface area contributed by atoms with Crippen LogP contribution in [-0.4, -0.2) is 92.6 Å². The Bertz CT molecular complexity index is 1680. The van der Waals surface area contributed by atoms with E-state index < -0.39 is 40.8 Å². The second-order valence-electron chi connectivity index (χ2n) is 9.57. The molecule has 5 rings (SSSR count). The molecule has 0 spiro atoms. The highest BCUT2D eigenvalue weighted by molar-refractivity contribution is 8.00. The first-order chi connectivity index (χ1) is 19.9. The summed E-state index contributed by atoms with van der Waals surface area (Å²) in [7, 11) is 0. The number of aromatic hydroxyl groups is 2. The number of aromatic nitrogens is 3. The van der Waals surface area contributed by atoms with Crippen molar-refractivity contribution in [3.63, 3.8) is 0 Å². The molecule has 0 radical (unpaired) electrons. The molecule has 2 aliphatic rings. The Morgan fingerprint density at radius 3 is 2.69 bits per heavy atom. The van der Waals surface area contributed by atoms with Crippen LogP contribution < -0.4 is 11.1 Å². The third kappa shape index (κ3) is 5.28. The standard InChI is InChI=1S/C24H23N7O9S2/c1-24(22(38)39,4-11-8-42-23(25)28-11)40-27-5-16(34)29-17-19(35)31-18(21(36)37)10(7-41-20(17)31)6-30-9-26-12-2-14(32)15(33)3-13(12)30/h2-3,5,8-9,17,20,32-33H,4,6-7H2,1H3,(H2,25,28)(H,29,34)(H,36,37)(H,38,39)/b27-5-. The van der Waals surface area contributed by atoms with E-state index in [0.717, 1.165) is 16.2 Å². The Kier molecular flexibility index (Phi) is 7.42. The number of carbonyl (C=O) groups is 4. The van der Waals surface area contributed by atoms with Gasteiger partial charge in [0.1, 0.15) is 23.3 Å². The van der Waals surface area contributed by atoms with Crippen molar-refractivity contribution in [3.05, 3.63) is 40.8 Å². The van der Waals surface area contributed by atoms with E-state index in [1.807, 2.05) is 0 Å². The molecular weight excluding hydrogens is 594 g/mol. The number of fused-ring (bicyclic) bond motifs is 2. The summed E-state index contributed by atoms with van der Waals surface area (Å²) >= 11 is 2.37. The lowest BCUT2D eigenvalue weighted by molar-refractivity contribution is -0.163. The van der Waals surface area contributed by atoms with Crippen molar-refractivity contribution in [2.45, 2.75) is 36.9 Å². The number of carboxylic acid groups (broad SMARTS) is 2. The zero-order chi connectivity index (χ0) is 30.3. The Balaban J connectivity index is 1.26. The molecule has 0 aliphatic carbocycles. The first-order valence-electron chi connectivity index (χ1n) is 12.1. The minimum atomic E-state index is -1.85. The van der Waals surface area contributed by atoms with E-state index >= 15 is 0 Å². The third-order valence-corrected chi connectivity index (χ3v) is 8.65. The van der Waals surface area contributed by atoms with Gasteiger partial charge in [0.2, 0.25) is 5.60 Å². The molecule has 2 amide bonds. The van der Waals surface area contributed by atoms with Crippen molar-refractivity contribution in [2.24, 2.45) is 5.16 Å². The van der Waals surface area contributed by atoms with Gasteiger partial charge in [0, 0.05) is 36.2 Å². The Labute approximate surface area is 244 Å². The Hall–Kier alpha value is -4.84. The van der Waals surface area contributed by atoms with Gasteiger partial charge in [0.05, 0.1) is 23.1 Å². The van der Waals surface area contributed by atoms with Crippen LogP contribution in [0.4, 0.5) is 5.13 Å². The van der Waals surface area contributed by atoms with Gasteiger partial charge in [-0.1, -0.05) is 5.16 Å². The summed E-state index contributed by atoms with van der Waals surface area (Å²) in [4.78, 5) is 63.8. The number of amides is 2. The van der Waals surface area contributed by atoms with Crippen LogP contribution in [0.15, 0.2) is 40.3 Å². The zero-order valence-corrected chi connectivity index (χ0v) is 23.3. The van der Waals surface area contributed by atoms with Gasteiger partial charge in [0.15, 0.2) is 16.6 Å². The summed E-state index contributed by atoms with van der Waals surface area (Å²) in [6.07, 6.45) is 1.95. The summed E-state index contributed by atoms with van der Waals surface area (Å²) in [6.45, 7) is 1.30. The van der Waals surface area contributed by atoms with Crippen LogP contribution in [0.25, 0.3) is 11.0 Å². The summed E-state index contributed by atoms with van der Waals surface area (Å²) in [6, 6.07) is 1.53. The zero-order valence-electron chi connectivity index (χ0n) is 21.6. The highest BCUT2D eigenvalue weighted by Gasteiger charge is 2.54. The number of aliphatic carboxylic acids is 2. The fourth-order valence-electron chi connectivity index (χ4n) is 4.50. The minimum Gasteiger partial charge on any atom is -0.504 e. The average Bonchev–Trinajstić information content (AvgIpc) is 3.51. The van der Waals surface area contributed by atoms with Gasteiger partial charge in [-0.05, 0) is 12.5 Å². The topological polar surface area (TPSA) is 243 Å². The van der Waals surface area contributed by atoms with Crippen molar-refractivity contribution in [1.29, 1.82) is 0 Å². The number of nitrogens with one attached hydrogen (secondary N) is 1. The molecule has 1 aromatic carbocycles. The molecule has 7 N–H and O–H groups in total. The maximum Gasteiger partial charge on any atom is 0.352 e. The highest BCUT2D eigenvalue weighted by atomic mass is 32.2. The number of nitrogens with two attached hydrogens (primary N) is 1. The van der Waals surface area contributed by atoms with E-state index in [2.05, 4.69) is 20.4 Å². The van der Waals surface area contributed by atoms with Gasteiger partial charge in [-0.2, -0.15) is 0 Å². The lowest BCUT2D eigenvalue weighted by atomic mass is 10.0. The molecule has 1 fully saturated rings. The summed E-state index contributed by atoms with van der Waals surface area (Å²) < 4.78 is 1.59. The summed E-state index contributed by atoms with van der Waals surface area (Å²) in [5.74, 6) is -4.68. The van der Waals surface area contributed by atoms with Crippen molar-refractivity contribution < 1.29 is 44.4 Å². The lowest BCUT2D eigenvalue weighted by Crippen LogP contribution is -2.70. The van der Waals surface area contributed by atoms with Gasteiger partial charge in [-0.15, -0.1) is 23.1 Å². The Morgan fingerprint density at radius 2 is 2.02 bits per heavy atom. The second kappa shape index (κ2) is 10.9. The van der Waals surface area contributed by atoms with E-state index in [1.165, 1.54) is 37.1 Å². The number of benzene rings is 1. The van der Waals surface area contributed by atoms with Gasteiger partial charge >= 0.3 is 11.9 Å². The number of hydrogen-bond donors (Lipinski definition) is 6. The molecule has 1 saturated heterocycles. The van der Waals surface area contributed by atoms with Crippen molar-refractivity contribution in [2.75, 3.05) is 11.5 Å². The molecule has 2 aliphatic heterocycles. The molecule has 0 saturated carbocycles. The van der Waals surface area contributed by atoms with E-state index in [9.17, 15) is 39.6 Å². The smallest absolute Gasteiger partial charge is 0.352 e. The Morgan fingerprint density at radius 1 is 1.29 bits per heavy atom. The van der Waals surface area contributed by atoms with Crippen molar-refractivity contribution in [3.8, 4) is 11.5 Å². The number of thiazole rings is 1. The summed E-state index contributed by atoms with van der Waals surface area (Å²) in [5.41, 5.74) is 5.11. The predicted molar refractivity (Wildman–Crippen MR) is 149 cm³/mol. The number of phenolic OH excluding ortho intramolecular Hbond substituents is 2. The molecule has 18 heteroatoms. The number of β-lactam (4-membered cyclic amide) rings is 1. The van der Waals surface area contributed by atoms with Gasteiger partial charge < -0.3 is 40.9 Å². The molecule has 4 heterocycles. The first kappa shape index (κ1) is 28.7. The van der Waals surface area contributed by atoms with E-state index in [-0.39, 0.29) is 41.0 Å². The fourth-order valence-corrected chi connectivity index (χ4v) is 6.39. The lowest BCUT2D eigenvalue weighted by Gasteiger charge is -2.49. The van der Waals surface area contributed by atoms with Crippen LogP contribution in [0.1, 0.15) is 12.6 Å². The molecule has 3 aromatic rings. The molecule has 220 valence electrons. The molecule has 2 aromatic heterocycles. The van der Waals surface area contributed by atoms with Crippen LogP contribution in [0, 0.1) is 0 Å². The average molecular weight is 618 g/mol. The normalized spacial score (nSPS) is 19.8. The predicted octanol–water partition coefficient (Wildman–Crippen LogP) is 0.313. The number of carboxylic acids is 2. The van der Waals surface area contributed by atoms with Crippen molar-refractivity contribution >= 4 is 69.2 Å². The molecular formula is C24H23N7O9S2. The number of rotatable bonds is 10. The van der Waals surface area contributed by atoms with Crippen LogP contribution in [0.2, 0.25) is 0 Å². The van der Waals surface area contributed by atoms with E-state index in [0.29, 0.717) is 28.5 Å². The maximum atomic E-state index is 13.0. The van der Waals surface area contributed by atoms with Gasteiger partial charge in [-0.3, -0.25) is 14.5 Å². The van der Waals surface area contributed by atoms with Gasteiger partial charge in [-0.25, -0.2) is 19.6 Å². The number of phenols is 2. The fraction of sp³-hybridized carbons (Fsp3) is 0.292. The number of hydrogen-bond acceptors (Lipinski definition) is 13. The van der Waals surface area contributed by atoms with Gasteiger partial charge in [0.25, 0.3) is 11.8 Å². The number of nitrogens with zero attached hydrogens (tertiary/aromatic N) is 5. The monoisotopic (exact) mass is 617 g/mol. The van der Waals surface area contributed by atoms with E-state index in [1.54, 1.807) is 9.95 Å². The SMILES string of the molecule is CC(Cc1csc(N)n1)(O/N=C\C(=O)NC1C(=O)N2C(C(=O)O)=C(Cn3cnc4cc(O)c(O)cc43)CSC12)C(=O)O. The van der Waals surface area contributed by atoms with Crippen molar-refractivity contribution in [1.82, 2.24) is 24.8 Å². The number of oxime groups is 1. The second-order valence-corrected chi connectivity index (χ2v) is 11.6. The summed E-state index contributed by atoms with van der Waals surface area (Å²) in [5, 5.41) is 46.2. The van der Waals surface area contributed by atoms with Crippen LogP contribution in [0.3, 0.4) is 0 Å². The maximum absolute atomic E-state index is 13.0. The van der Waals surface area contributed by atoms with E-state index in [4.69, 9.17) is 10.6 Å². The number of carbonyl (C=O) groups excluding carboxylic acids is 2. The number of nitrogen functional groups attached to an aromatic ring is 1. The third-order valence-electron chi connectivity index (χ3n) is 6.59. The highest BCUT2D eigenvalue weighted by Crippen LogP contribution is 2.41. The minimum absolute atomic E-state index is 0.0444. The number of thioether (sulfide) groups is 1. The van der Waals surface area contributed by atoms with Crippen LogP contribution in [-0.2, 0) is 37.0 Å². The first-order valence-corrected chi connectivity index (χ1v) is 14.0. The molecule has 3 atom stereocenters. The molecule has 16 nitrogen and oxygen atoms in total. The molecule has 42 heavy (non-hydrogen) atoms. The largest absolute Gasteiger partial charge is 0.504 e. The number of imidazole rings is 1. The molecule has 3 unspecified atom stereocenters. The molecule has 0 bridgehead atoms. The van der Waals surface area contributed by atoms with Crippen LogP contribution in [0.5, 0.6) is 11.5 Å². The number of anilines is 1. The van der Waals surface area contributed by atoms with Crippen LogP contribution >= 0.6 is 23.1 Å². The quantitative estimate of drug-likeness (QED) is 0.0777.